The summed E-state index contributed by atoms with van der Waals surface area (Å²) in [5, 5.41) is 0.202. The van der Waals surface area contributed by atoms with Crippen LogP contribution in [0.5, 0.6) is 5.75 Å². The number of hydrogen-bond donors (Lipinski definition) is 0. The van der Waals surface area contributed by atoms with Crippen LogP contribution in [0.4, 0.5) is 8.78 Å². The van der Waals surface area contributed by atoms with Crippen molar-refractivity contribution in [2.24, 2.45) is 4.40 Å². The molecule has 19 heavy (non-hydrogen) atoms. The van der Waals surface area contributed by atoms with E-state index in [0.717, 1.165) is 0 Å². The van der Waals surface area contributed by atoms with Crippen molar-refractivity contribution in [1.29, 1.82) is 0 Å². The van der Waals surface area contributed by atoms with Gasteiger partial charge in [0.25, 0.3) is 0 Å². The lowest BCUT2D eigenvalue weighted by molar-refractivity contribution is -0.0499. The molecule has 106 valence electrons. The molecule has 1 aromatic carbocycles. The molecule has 0 amide bonds. The normalized spacial score (nSPS) is 14.1. The SMILES string of the molecule is CC(C)(C)[S@](=O)N=Cc1c(Cl)cccc1OC(F)F. The van der Waals surface area contributed by atoms with Gasteiger partial charge in [0.2, 0.25) is 0 Å². The Hall–Kier alpha value is -1.01. The summed E-state index contributed by atoms with van der Waals surface area (Å²) in [6.07, 6.45) is 1.20. The molecule has 7 heteroatoms. The van der Waals surface area contributed by atoms with Crippen molar-refractivity contribution < 1.29 is 17.7 Å². The standard InChI is InChI=1S/C12H14ClF2NO2S/c1-12(2,3)19(17)16-7-8-9(13)5-4-6-10(8)18-11(14)15/h4-7,11H,1-3H3/t19-/m0/s1. The maximum atomic E-state index is 12.3. The Kier molecular flexibility index (Phi) is 5.43. The minimum atomic E-state index is -2.96. The highest BCUT2D eigenvalue weighted by atomic mass is 35.5. The molecule has 0 fully saturated rings. The number of hydrogen-bond acceptors (Lipinski definition) is 2. The number of ether oxygens (including phenoxy) is 1. The van der Waals surface area contributed by atoms with Gasteiger partial charge in [-0.3, -0.25) is 0 Å². The van der Waals surface area contributed by atoms with Crippen molar-refractivity contribution in [2.45, 2.75) is 32.1 Å². The van der Waals surface area contributed by atoms with Crippen molar-refractivity contribution in [2.75, 3.05) is 0 Å². The Morgan fingerprint density at radius 1 is 1.42 bits per heavy atom. The number of nitrogens with zero attached hydrogens (tertiary/aromatic N) is 1. The Labute approximate surface area is 118 Å². The van der Waals surface area contributed by atoms with Crippen LogP contribution in [0.3, 0.4) is 0 Å². The van der Waals surface area contributed by atoms with E-state index in [1.54, 1.807) is 20.8 Å². The van der Waals surface area contributed by atoms with Crippen LogP contribution >= 0.6 is 11.6 Å². The number of alkyl halides is 2. The summed E-state index contributed by atoms with van der Waals surface area (Å²) in [6.45, 7) is 2.30. The van der Waals surface area contributed by atoms with Crippen molar-refractivity contribution in [3.63, 3.8) is 0 Å². The molecule has 0 aliphatic carbocycles. The largest absolute Gasteiger partial charge is 0.434 e. The summed E-state index contributed by atoms with van der Waals surface area (Å²) in [5.41, 5.74) is 0.182. The Morgan fingerprint density at radius 3 is 2.58 bits per heavy atom. The number of benzene rings is 1. The Balaban J connectivity index is 3.06. The topological polar surface area (TPSA) is 38.7 Å². The molecule has 0 N–H and O–H groups in total. The molecule has 3 nitrogen and oxygen atoms in total. The first-order chi connectivity index (χ1) is 8.71. The zero-order valence-corrected chi connectivity index (χ0v) is 12.3. The summed E-state index contributed by atoms with van der Waals surface area (Å²) < 4.78 is 43.9. The first kappa shape index (κ1) is 16.0. The minimum absolute atomic E-state index is 0.0999. The first-order valence-electron chi connectivity index (χ1n) is 5.41. The van der Waals surface area contributed by atoms with E-state index < -0.39 is 22.3 Å². The van der Waals surface area contributed by atoms with E-state index in [1.165, 1.54) is 24.4 Å². The summed E-state index contributed by atoms with van der Waals surface area (Å²) in [6, 6.07) is 4.35. The average Bonchev–Trinajstić information content (AvgIpc) is 2.25. The second kappa shape index (κ2) is 6.43. The fourth-order valence-electron chi connectivity index (χ4n) is 1.10. The zero-order valence-electron chi connectivity index (χ0n) is 10.7. The molecule has 0 aliphatic heterocycles. The van der Waals surface area contributed by atoms with E-state index in [2.05, 4.69) is 9.13 Å². The van der Waals surface area contributed by atoms with Crippen molar-refractivity contribution in [1.82, 2.24) is 0 Å². The monoisotopic (exact) mass is 309 g/mol. The summed E-state index contributed by atoms with van der Waals surface area (Å²) in [5.74, 6) is -0.0999. The highest BCUT2D eigenvalue weighted by Gasteiger charge is 2.19. The molecule has 0 saturated carbocycles. The fraction of sp³-hybridized carbons (Fsp3) is 0.417. The van der Waals surface area contributed by atoms with Crippen LogP contribution < -0.4 is 4.74 Å². The van der Waals surface area contributed by atoms with Crippen LogP contribution in [-0.2, 0) is 11.0 Å². The molecule has 0 radical (unpaired) electrons. The van der Waals surface area contributed by atoms with Gasteiger partial charge in [-0.15, -0.1) is 0 Å². The van der Waals surface area contributed by atoms with Gasteiger partial charge in [0.1, 0.15) is 16.7 Å². The average molecular weight is 310 g/mol. The Bertz CT molecular complexity index is 501. The lowest BCUT2D eigenvalue weighted by atomic mass is 10.2. The van der Waals surface area contributed by atoms with Gasteiger partial charge in [0.15, 0.2) is 0 Å². The number of rotatable bonds is 4. The first-order valence-corrected chi connectivity index (χ1v) is 6.89. The molecule has 1 aromatic rings. The van der Waals surface area contributed by atoms with Crippen molar-refractivity contribution in [3.8, 4) is 5.75 Å². The highest BCUT2D eigenvalue weighted by molar-refractivity contribution is 7.85. The van der Waals surface area contributed by atoms with E-state index in [9.17, 15) is 13.0 Å². The summed E-state index contributed by atoms with van der Waals surface area (Å²) in [7, 11) is -1.50. The van der Waals surface area contributed by atoms with Gasteiger partial charge < -0.3 is 4.74 Å². The third-order valence-corrected chi connectivity index (χ3v) is 3.70. The molecule has 0 saturated heterocycles. The predicted molar refractivity (Wildman–Crippen MR) is 73.6 cm³/mol. The number of halogens is 3. The second-order valence-corrected chi connectivity index (χ2v) is 6.97. The van der Waals surface area contributed by atoms with Gasteiger partial charge in [-0.1, -0.05) is 17.7 Å². The summed E-state index contributed by atoms with van der Waals surface area (Å²) >= 11 is 5.90. The van der Waals surface area contributed by atoms with Crippen molar-refractivity contribution >= 4 is 28.8 Å². The van der Waals surface area contributed by atoms with Gasteiger partial charge in [-0.25, -0.2) is 4.21 Å². The fourth-order valence-corrected chi connectivity index (χ4v) is 1.83. The van der Waals surface area contributed by atoms with Gasteiger partial charge in [-0.2, -0.15) is 13.2 Å². The zero-order chi connectivity index (χ0) is 14.6. The van der Waals surface area contributed by atoms with Crippen LogP contribution in [0.25, 0.3) is 0 Å². The van der Waals surface area contributed by atoms with E-state index in [0.29, 0.717) is 0 Å². The molecule has 0 unspecified atom stereocenters. The van der Waals surface area contributed by atoms with E-state index in [4.69, 9.17) is 11.6 Å². The second-order valence-electron chi connectivity index (χ2n) is 4.63. The molecule has 0 spiro atoms. The van der Waals surface area contributed by atoms with Crippen molar-refractivity contribution in [3.05, 3.63) is 28.8 Å². The Morgan fingerprint density at radius 2 is 2.05 bits per heavy atom. The van der Waals surface area contributed by atoms with E-state index >= 15 is 0 Å². The molecule has 0 aromatic heterocycles. The highest BCUT2D eigenvalue weighted by Crippen LogP contribution is 2.26. The van der Waals surface area contributed by atoms with Crippen LogP contribution in [-0.4, -0.2) is 21.8 Å². The van der Waals surface area contributed by atoms with Gasteiger partial charge >= 0.3 is 6.61 Å². The van der Waals surface area contributed by atoms with Crippen LogP contribution in [0, 0.1) is 0 Å². The van der Waals surface area contributed by atoms with Crippen LogP contribution in [0.15, 0.2) is 22.6 Å². The van der Waals surface area contributed by atoms with E-state index in [-0.39, 0.29) is 16.3 Å². The van der Waals surface area contributed by atoms with Crippen LogP contribution in [0.1, 0.15) is 26.3 Å². The summed E-state index contributed by atoms with van der Waals surface area (Å²) in [4.78, 5) is 0. The van der Waals surface area contributed by atoms with E-state index in [1.807, 2.05) is 0 Å². The smallest absolute Gasteiger partial charge is 0.387 e. The molecule has 0 aliphatic rings. The molecule has 0 heterocycles. The molecule has 0 bridgehead atoms. The maximum Gasteiger partial charge on any atom is 0.387 e. The quantitative estimate of drug-likeness (QED) is 0.793. The molecular weight excluding hydrogens is 296 g/mol. The molecular formula is C12H14ClF2NO2S. The minimum Gasteiger partial charge on any atom is -0.434 e. The lowest BCUT2D eigenvalue weighted by Crippen LogP contribution is -2.19. The molecule has 1 atom stereocenters. The molecule has 1 rings (SSSR count). The van der Waals surface area contributed by atoms with Gasteiger partial charge in [0, 0.05) is 0 Å². The maximum absolute atomic E-state index is 12.3. The van der Waals surface area contributed by atoms with Crippen LogP contribution in [0.2, 0.25) is 5.02 Å². The predicted octanol–water partition coefficient (Wildman–Crippen LogP) is 3.82. The van der Waals surface area contributed by atoms with Gasteiger partial charge in [-0.05, 0) is 32.9 Å². The lowest BCUT2D eigenvalue weighted by Gasteiger charge is -2.13. The third kappa shape index (κ3) is 4.87. The third-order valence-electron chi connectivity index (χ3n) is 2.03. The van der Waals surface area contributed by atoms with Gasteiger partial charge in [0.05, 0.1) is 21.5 Å².